The van der Waals surface area contributed by atoms with Gasteiger partial charge in [-0.3, -0.25) is 4.90 Å². The zero-order valence-electron chi connectivity index (χ0n) is 9.70. The number of hydrogen-bond acceptors (Lipinski definition) is 3. The lowest BCUT2D eigenvalue weighted by atomic mass is 10.0. The summed E-state index contributed by atoms with van der Waals surface area (Å²) in [6.45, 7) is 8.24. The molecule has 1 aromatic carbocycles. The molecule has 15 heavy (non-hydrogen) atoms. The molecule has 0 bridgehead atoms. The van der Waals surface area contributed by atoms with E-state index >= 15 is 0 Å². The van der Waals surface area contributed by atoms with Gasteiger partial charge in [-0.05, 0) is 38.2 Å². The predicted octanol–water partition coefficient (Wildman–Crippen LogP) is 2.38. The molecule has 0 spiro atoms. The number of nitrogens with two attached hydrogens (primary N) is 1. The highest BCUT2D eigenvalue weighted by molar-refractivity contribution is 5.48. The van der Waals surface area contributed by atoms with Gasteiger partial charge in [0.1, 0.15) is 5.75 Å². The van der Waals surface area contributed by atoms with Crippen LogP contribution >= 0.6 is 0 Å². The van der Waals surface area contributed by atoms with Crippen molar-refractivity contribution < 1.29 is 5.11 Å². The molecule has 1 atom stereocenters. The fourth-order valence-electron chi connectivity index (χ4n) is 1.88. The molecule has 0 amide bonds. The SMILES string of the molecule is CCN(CC)C(C)c1cc(N)ccc1O. The molecule has 0 heterocycles. The minimum Gasteiger partial charge on any atom is -0.508 e. The Morgan fingerprint density at radius 3 is 2.47 bits per heavy atom. The van der Waals surface area contributed by atoms with Gasteiger partial charge >= 0.3 is 0 Å². The number of hydrogen-bond donors (Lipinski definition) is 2. The molecular weight excluding hydrogens is 188 g/mol. The van der Waals surface area contributed by atoms with Crippen LogP contribution in [0.25, 0.3) is 0 Å². The van der Waals surface area contributed by atoms with Crippen LogP contribution in [-0.4, -0.2) is 23.1 Å². The molecule has 3 heteroatoms. The van der Waals surface area contributed by atoms with Gasteiger partial charge in [-0.1, -0.05) is 13.8 Å². The van der Waals surface area contributed by atoms with Crippen molar-refractivity contribution in [3.8, 4) is 5.75 Å². The van der Waals surface area contributed by atoms with E-state index in [1.807, 2.05) is 6.07 Å². The summed E-state index contributed by atoms with van der Waals surface area (Å²) in [5, 5.41) is 9.76. The number of rotatable bonds is 4. The van der Waals surface area contributed by atoms with Crippen molar-refractivity contribution in [2.24, 2.45) is 0 Å². The third-order valence-corrected chi connectivity index (χ3v) is 2.86. The van der Waals surface area contributed by atoms with Crippen molar-refractivity contribution in [3.63, 3.8) is 0 Å². The molecule has 0 aliphatic rings. The fourth-order valence-corrected chi connectivity index (χ4v) is 1.88. The minimum absolute atomic E-state index is 0.198. The Balaban J connectivity index is 2.98. The first kappa shape index (κ1) is 11.9. The van der Waals surface area contributed by atoms with E-state index in [0.29, 0.717) is 11.4 Å². The van der Waals surface area contributed by atoms with Gasteiger partial charge in [0, 0.05) is 17.3 Å². The number of anilines is 1. The lowest BCUT2D eigenvalue weighted by molar-refractivity contribution is 0.230. The quantitative estimate of drug-likeness (QED) is 0.590. The standard InChI is InChI=1S/C12H20N2O/c1-4-14(5-2)9(3)11-8-10(13)6-7-12(11)15/h6-9,15H,4-5,13H2,1-3H3. The molecule has 84 valence electrons. The Hall–Kier alpha value is -1.22. The van der Waals surface area contributed by atoms with E-state index in [0.717, 1.165) is 18.7 Å². The summed E-state index contributed by atoms with van der Waals surface area (Å²) >= 11 is 0. The summed E-state index contributed by atoms with van der Waals surface area (Å²) in [6.07, 6.45) is 0. The number of nitrogens with zero attached hydrogens (tertiary/aromatic N) is 1. The number of aromatic hydroxyl groups is 1. The summed E-state index contributed by atoms with van der Waals surface area (Å²) < 4.78 is 0. The maximum atomic E-state index is 9.76. The van der Waals surface area contributed by atoms with E-state index in [2.05, 4.69) is 25.7 Å². The monoisotopic (exact) mass is 208 g/mol. The summed E-state index contributed by atoms with van der Waals surface area (Å²) in [5.74, 6) is 0.323. The zero-order valence-corrected chi connectivity index (χ0v) is 9.70. The molecule has 0 aliphatic heterocycles. The minimum atomic E-state index is 0.198. The smallest absolute Gasteiger partial charge is 0.120 e. The summed E-state index contributed by atoms with van der Waals surface area (Å²) in [7, 11) is 0. The molecule has 1 unspecified atom stereocenters. The van der Waals surface area contributed by atoms with E-state index in [1.54, 1.807) is 12.1 Å². The second-order valence-electron chi connectivity index (χ2n) is 3.72. The average Bonchev–Trinajstić information content (AvgIpc) is 2.23. The highest BCUT2D eigenvalue weighted by atomic mass is 16.3. The Bertz CT molecular complexity index is 321. The third-order valence-electron chi connectivity index (χ3n) is 2.86. The largest absolute Gasteiger partial charge is 0.508 e. The molecule has 0 radical (unpaired) electrons. The lowest BCUT2D eigenvalue weighted by Gasteiger charge is -2.27. The van der Waals surface area contributed by atoms with Crippen molar-refractivity contribution in [3.05, 3.63) is 23.8 Å². The number of benzene rings is 1. The molecule has 0 saturated carbocycles. The van der Waals surface area contributed by atoms with Crippen LogP contribution in [0.1, 0.15) is 32.4 Å². The average molecular weight is 208 g/mol. The molecule has 0 saturated heterocycles. The van der Waals surface area contributed by atoms with Crippen molar-refractivity contribution in [2.45, 2.75) is 26.8 Å². The number of phenols is 1. The molecule has 0 aliphatic carbocycles. The van der Waals surface area contributed by atoms with Crippen LogP contribution in [0.2, 0.25) is 0 Å². The van der Waals surface area contributed by atoms with Gasteiger partial charge in [-0.15, -0.1) is 0 Å². The van der Waals surface area contributed by atoms with Crippen molar-refractivity contribution >= 4 is 5.69 Å². The van der Waals surface area contributed by atoms with E-state index in [1.165, 1.54) is 0 Å². The molecular formula is C12H20N2O. The Morgan fingerprint density at radius 2 is 1.93 bits per heavy atom. The summed E-state index contributed by atoms with van der Waals surface area (Å²) in [6, 6.07) is 5.42. The molecule has 1 rings (SSSR count). The Kier molecular flexibility index (Phi) is 3.97. The van der Waals surface area contributed by atoms with E-state index < -0.39 is 0 Å². The van der Waals surface area contributed by atoms with Gasteiger partial charge in [0.05, 0.1) is 0 Å². The zero-order chi connectivity index (χ0) is 11.4. The maximum absolute atomic E-state index is 9.76. The van der Waals surface area contributed by atoms with Crippen LogP contribution in [0.3, 0.4) is 0 Å². The summed E-state index contributed by atoms with van der Waals surface area (Å²) in [4.78, 5) is 2.27. The topological polar surface area (TPSA) is 49.5 Å². The van der Waals surface area contributed by atoms with Crippen LogP contribution in [0.4, 0.5) is 5.69 Å². The van der Waals surface area contributed by atoms with Gasteiger partial charge in [0.2, 0.25) is 0 Å². The maximum Gasteiger partial charge on any atom is 0.120 e. The normalized spacial score (nSPS) is 13.1. The van der Waals surface area contributed by atoms with E-state index in [-0.39, 0.29) is 6.04 Å². The van der Waals surface area contributed by atoms with E-state index in [4.69, 9.17) is 5.73 Å². The van der Waals surface area contributed by atoms with Crippen LogP contribution in [0.5, 0.6) is 5.75 Å². The Morgan fingerprint density at radius 1 is 1.33 bits per heavy atom. The van der Waals surface area contributed by atoms with Gasteiger partial charge < -0.3 is 10.8 Å². The second kappa shape index (κ2) is 5.03. The first-order chi connectivity index (χ1) is 7.10. The van der Waals surface area contributed by atoms with Gasteiger partial charge in [-0.2, -0.15) is 0 Å². The molecule has 0 fully saturated rings. The molecule has 3 nitrogen and oxygen atoms in total. The van der Waals surface area contributed by atoms with Gasteiger partial charge in [0.25, 0.3) is 0 Å². The first-order valence-electron chi connectivity index (χ1n) is 5.42. The number of phenolic OH excluding ortho intramolecular Hbond substituents is 1. The van der Waals surface area contributed by atoms with Crippen LogP contribution in [0, 0.1) is 0 Å². The third kappa shape index (κ3) is 2.63. The van der Waals surface area contributed by atoms with E-state index in [9.17, 15) is 5.11 Å². The molecule has 0 aromatic heterocycles. The summed E-state index contributed by atoms with van der Waals surface area (Å²) in [5.41, 5.74) is 7.32. The van der Waals surface area contributed by atoms with Crippen molar-refractivity contribution in [1.82, 2.24) is 4.90 Å². The fraction of sp³-hybridized carbons (Fsp3) is 0.500. The number of nitrogen functional groups attached to an aromatic ring is 1. The van der Waals surface area contributed by atoms with Crippen molar-refractivity contribution in [2.75, 3.05) is 18.8 Å². The second-order valence-corrected chi connectivity index (χ2v) is 3.72. The van der Waals surface area contributed by atoms with Crippen LogP contribution in [0.15, 0.2) is 18.2 Å². The first-order valence-corrected chi connectivity index (χ1v) is 5.42. The highest BCUT2D eigenvalue weighted by Crippen LogP contribution is 2.29. The van der Waals surface area contributed by atoms with Crippen molar-refractivity contribution in [1.29, 1.82) is 0 Å². The van der Waals surface area contributed by atoms with Gasteiger partial charge in [-0.25, -0.2) is 0 Å². The molecule has 3 N–H and O–H groups in total. The molecule has 1 aromatic rings. The van der Waals surface area contributed by atoms with Crippen LogP contribution < -0.4 is 5.73 Å². The lowest BCUT2D eigenvalue weighted by Crippen LogP contribution is -2.26. The highest BCUT2D eigenvalue weighted by Gasteiger charge is 2.15. The van der Waals surface area contributed by atoms with Crippen LogP contribution in [-0.2, 0) is 0 Å². The Labute approximate surface area is 91.5 Å². The predicted molar refractivity (Wildman–Crippen MR) is 63.9 cm³/mol. The van der Waals surface area contributed by atoms with Gasteiger partial charge in [0.15, 0.2) is 0 Å².